The lowest BCUT2D eigenvalue weighted by Crippen LogP contribution is -2.34. The number of nitrogens with zero attached hydrogens (tertiary/aromatic N) is 1. The van der Waals surface area contributed by atoms with Crippen molar-refractivity contribution in [1.82, 2.24) is 10.3 Å². The zero-order valence-electron chi connectivity index (χ0n) is 9.60. The molecule has 0 spiro atoms. The van der Waals surface area contributed by atoms with Gasteiger partial charge >= 0.3 is 5.97 Å². The van der Waals surface area contributed by atoms with Crippen LogP contribution < -0.4 is 5.32 Å². The van der Waals surface area contributed by atoms with Crippen molar-refractivity contribution >= 4 is 23.2 Å². The van der Waals surface area contributed by atoms with Gasteiger partial charge in [0, 0.05) is 13.7 Å². The number of carboxylic acid groups (broad SMARTS) is 1. The van der Waals surface area contributed by atoms with E-state index in [0.29, 0.717) is 10.6 Å². The van der Waals surface area contributed by atoms with Gasteiger partial charge in [-0.1, -0.05) is 0 Å². The highest BCUT2D eigenvalue weighted by Crippen LogP contribution is 2.11. The Kier molecular flexibility index (Phi) is 5.05. The molecule has 1 aromatic heterocycles. The van der Waals surface area contributed by atoms with Crippen molar-refractivity contribution in [1.29, 1.82) is 0 Å². The number of thiazole rings is 1. The van der Waals surface area contributed by atoms with Crippen LogP contribution in [0.15, 0.2) is 5.51 Å². The Hall–Kier alpha value is -1.47. The van der Waals surface area contributed by atoms with Crippen molar-refractivity contribution < 1.29 is 19.4 Å². The molecule has 0 bridgehead atoms. The van der Waals surface area contributed by atoms with Crippen LogP contribution in [-0.4, -0.2) is 41.7 Å². The van der Waals surface area contributed by atoms with Crippen LogP contribution in [-0.2, 0) is 9.53 Å². The highest BCUT2D eigenvalue weighted by atomic mass is 32.1. The summed E-state index contributed by atoms with van der Waals surface area (Å²) in [7, 11) is 1.41. The van der Waals surface area contributed by atoms with E-state index in [0.717, 1.165) is 0 Å². The number of carboxylic acids is 1. The molecular weight excluding hydrogens is 244 g/mol. The summed E-state index contributed by atoms with van der Waals surface area (Å²) in [6.07, 6.45) is -0.664. The van der Waals surface area contributed by atoms with Crippen LogP contribution in [0.1, 0.15) is 21.8 Å². The van der Waals surface area contributed by atoms with Gasteiger partial charge in [0.15, 0.2) is 0 Å². The number of carbonyl (C=O) groups excluding carboxylic acids is 1. The molecule has 7 heteroatoms. The molecule has 0 aliphatic rings. The van der Waals surface area contributed by atoms with Crippen LogP contribution in [0.3, 0.4) is 0 Å². The number of aryl methyl sites for hydroxylation is 1. The van der Waals surface area contributed by atoms with Gasteiger partial charge < -0.3 is 15.2 Å². The van der Waals surface area contributed by atoms with E-state index >= 15 is 0 Å². The van der Waals surface area contributed by atoms with Crippen LogP contribution in [0.25, 0.3) is 0 Å². The number of aromatic nitrogens is 1. The Labute approximate surface area is 103 Å². The molecule has 0 radical (unpaired) electrons. The van der Waals surface area contributed by atoms with Crippen LogP contribution >= 0.6 is 11.3 Å². The Morgan fingerprint density at radius 3 is 2.82 bits per heavy atom. The molecular formula is C10H14N2O4S. The standard InChI is InChI=1S/C10H14N2O4S/c1-6-9(17-5-12-6)10(15)11-4-7(16-2)3-8(13)14/h5,7H,3-4H2,1-2H3,(H,11,15)(H,13,14). The zero-order valence-corrected chi connectivity index (χ0v) is 10.4. The van der Waals surface area contributed by atoms with Crippen LogP contribution in [0, 0.1) is 6.92 Å². The summed E-state index contributed by atoms with van der Waals surface area (Å²) in [5, 5.41) is 11.2. The summed E-state index contributed by atoms with van der Waals surface area (Å²) in [6, 6.07) is 0. The largest absolute Gasteiger partial charge is 0.481 e. The Bertz CT molecular complexity index is 405. The average Bonchev–Trinajstić information content (AvgIpc) is 2.69. The molecule has 94 valence electrons. The van der Waals surface area contributed by atoms with Crippen molar-refractivity contribution in [2.45, 2.75) is 19.4 Å². The smallest absolute Gasteiger partial charge is 0.306 e. The number of rotatable bonds is 6. The third-order valence-electron chi connectivity index (χ3n) is 2.18. The van der Waals surface area contributed by atoms with E-state index in [-0.39, 0.29) is 18.9 Å². The third kappa shape index (κ3) is 4.12. The quantitative estimate of drug-likeness (QED) is 0.783. The fourth-order valence-electron chi connectivity index (χ4n) is 1.24. The second-order valence-corrected chi connectivity index (χ2v) is 4.29. The first-order valence-corrected chi connectivity index (χ1v) is 5.85. The lowest BCUT2D eigenvalue weighted by Gasteiger charge is -2.13. The second kappa shape index (κ2) is 6.31. The lowest BCUT2D eigenvalue weighted by atomic mass is 10.2. The summed E-state index contributed by atoms with van der Waals surface area (Å²) in [5.74, 6) is -1.21. The van der Waals surface area contributed by atoms with Crippen molar-refractivity contribution in [3.8, 4) is 0 Å². The normalized spacial score (nSPS) is 12.1. The van der Waals surface area contributed by atoms with Gasteiger partial charge in [-0.25, -0.2) is 4.98 Å². The second-order valence-electron chi connectivity index (χ2n) is 3.43. The number of methoxy groups -OCH3 is 1. The van der Waals surface area contributed by atoms with Crippen molar-refractivity contribution in [2.75, 3.05) is 13.7 Å². The first-order chi connectivity index (χ1) is 8.04. The number of nitrogens with one attached hydrogen (secondary N) is 1. The number of carbonyl (C=O) groups is 2. The van der Waals surface area contributed by atoms with Gasteiger partial charge in [-0.15, -0.1) is 11.3 Å². The number of aliphatic carboxylic acids is 1. The molecule has 1 heterocycles. The fraction of sp³-hybridized carbons (Fsp3) is 0.500. The molecule has 0 saturated carbocycles. The molecule has 0 fully saturated rings. The third-order valence-corrected chi connectivity index (χ3v) is 3.10. The van der Waals surface area contributed by atoms with E-state index in [1.165, 1.54) is 18.4 Å². The van der Waals surface area contributed by atoms with Gasteiger partial charge in [-0.3, -0.25) is 9.59 Å². The maximum absolute atomic E-state index is 11.7. The minimum absolute atomic E-state index is 0.140. The summed E-state index contributed by atoms with van der Waals surface area (Å²) in [5.41, 5.74) is 2.26. The SMILES string of the molecule is COC(CNC(=O)c1scnc1C)CC(=O)O. The first kappa shape index (κ1) is 13.6. The molecule has 1 rings (SSSR count). The Balaban J connectivity index is 2.47. The van der Waals surface area contributed by atoms with Gasteiger partial charge in [-0.05, 0) is 6.92 Å². The highest BCUT2D eigenvalue weighted by molar-refractivity contribution is 7.11. The molecule has 1 aromatic rings. The van der Waals surface area contributed by atoms with Crippen molar-refractivity contribution in [2.24, 2.45) is 0 Å². The first-order valence-electron chi connectivity index (χ1n) is 4.97. The molecule has 0 saturated heterocycles. The molecule has 1 unspecified atom stereocenters. The molecule has 1 amide bonds. The van der Waals surface area contributed by atoms with E-state index in [2.05, 4.69) is 10.3 Å². The predicted molar refractivity (Wildman–Crippen MR) is 62.2 cm³/mol. The van der Waals surface area contributed by atoms with Crippen LogP contribution in [0.5, 0.6) is 0 Å². The summed E-state index contributed by atoms with van der Waals surface area (Å²) >= 11 is 1.25. The van der Waals surface area contributed by atoms with E-state index in [9.17, 15) is 9.59 Å². The van der Waals surface area contributed by atoms with Crippen LogP contribution in [0.4, 0.5) is 0 Å². The highest BCUT2D eigenvalue weighted by Gasteiger charge is 2.16. The minimum Gasteiger partial charge on any atom is -0.481 e. The van der Waals surface area contributed by atoms with E-state index < -0.39 is 12.1 Å². The Morgan fingerprint density at radius 2 is 2.35 bits per heavy atom. The summed E-state index contributed by atoms with van der Waals surface area (Å²) in [6.45, 7) is 1.91. The van der Waals surface area contributed by atoms with Crippen LogP contribution in [0.2, 0.25) is 0 Å². The molecule has 0 aliphatic carbocycles. The van der Waals surface area contributed by atoms with Gasteiger partial charge in [0.25, 0.3) is 5.91 Å². The minimum atomic E-state index is -0.958. The van der Waals surface area contributed by atoms with Gasteiger partial charge in [0.1, 0.15) is 4.88 Å². The lowest BCUT2D eigenvalue weighted by molar-refractivity contribution is -0.139. The van der Waals surface area contributed by atoms with E-state index in [1.807, 2.05) is 0 Å². The average molecular weight is 258 g/mol. The maximum Gasteiger partial charge on any atom is 0.306 e. The summed E-state index contributed by atoms with van der Waals surface area (Å²) < 4.78 is 4.95. The molecule has 0 aliphatic heterocycles. The topological polar surface area (TPSA) is 88.5 Å². The van der Waals surface area contributed by atoms with E-state index in [4.69, 9.17) is 9.84 Å². The molecule has 2 N–H and O–H groups in total. The Morgan fingerprint density at radius 1 is 1.65 bits per heavy atom. The fourth-order valence-corrected chi connectivity index (χ4v) is 1.96. The van der Waals surface area contributed by atoms with Gasteiger partial charge in [0.2, 0.25) is 0 Å². The molecule has 17 heavy (non-hydrogen) atoms. The monoisotopic (exact) mass is 258 g/mol. The van der Waals surface area contributed by atoms with Crippen molar-refractivity contribution in [3.63, 3.8) is 0 Å². The molecule has 0 aromatic carbocycles. The molecule has 6 nitrogen and oxygen atoms in total. The number of ether oxygens (including phenoxy) is 1. The van der Waals surface area contributed by atoms with Gasteiger partial charge in [0.05, 0.1) is 23.7 Å². The van der Waals surface area contributed by atoms with E-state index in [1.54, 1.807) is 12.4 Å². The number of hydrogen-bond donors (Lipinski definition) is 2. The number of amides is 1. The maximum atomic E-state index is 11.7. The molecule has 1 atom stereocenters. The van der Waals surface area contributed by atoms with Gasteiger partial charge in [-0.2, -0.15) is 0 Å². The summed E-state index contributed by atoms with van der Waals surface area (Å²) in [4.78, 5) is 26.7. The number of hydrogen-bond acceptors (Lipinski definition) is 5. The zero-order chi connectivity index (χ0) is 12.8. The van der Waals surface area contributed by atoms with Crippen molar-refractivity contribution in [3.05, 3.63) is 16.1 Å². The predicted octanol–water partition coefficient (Wildman–Crippen LogP) is 0.671.